The first kappa shape index (κ1) is 16.8. The number of hydrogen-bond acceptors (Lipinski definition) is 2. The number of hydrogen-bond donors (Lipinski definition) is 0. The quantitative estimate of drug-likeness (QED) is 0.565. The maximum absolute atomic E-state index is 5.96. The Morgan fingerprint density at radius 3 is 1.19 bits per heavy atom. The van der Waals surface area contributed by atoms with Crippen molar-refractivity contribution < 1.29 is 8.85 Å². The molecule has 0 N–H and O–H groups in total. The lowest BCUT2D eigenvalue weighted by molar-refractivity contribution is 0.400. The van der Waals surface area contributed by atoms with Crippen LogP contribution in [-0.2, 0) is 0 Å². The fourth-order valence-corrected chi connectivity index (χ4v) is 4.19. The fourth-order valence-electron chi connectivity index (χ4n) is 1.76. The third kappa shape index (κ3) is 5.27. The molecule has 0 saturated carbocycles. The zero-order valence-electron chi connectivity index (χ0n) is 11.3. The SMILES string of the molecule is C[Si](C)(Oc1cc(Cl)cc(Cl)c1)Oc1cc(Cl)cc(Cl)c1. The summed E-state index contributed by atoms with van der Waals surface area (Å²) < 4.78 is 11.8. The summed E-state index contributed by atoms with van der Waals surface area (Å²) in [6.45, 7) is 3.80. The van der Waals surface area contributed by atoms with Gasteiger partial charge in [0, 0.05) is 33.2 Å². The predicted octanol–water partition coefficient (Wildman–Crippen LogP) is 6.46. The third-order valence-corrected chi connectivity index (χ3v) is 4.73. The molecule has 0 unspecified atom stereocenters. The molecule has 2 aromatic rings. The molecule has 2 aromatic carbocycles. The van der Waals surface area contributed by atoms with Gasteiger partial charge >= 0.3 is 8.56 Å². The fraction of sp³-hybridized carbons (Fsp3) is 0.143. The second-order valence-corrected chi connectivity index (χ2v) is 9.77. The summed E-state index contributed by atoms with van der Waals surface area (Å²) in [4.78, 5) is 0. The topological polar surface area (TPSA) is 18.5 Å². The van der Waals surface area contributed by atoms with E-state index >= 15 is 0 Å². The van der Waals surface area contributed by atoms with E-state index in [1.165, 1.54) is 0 Å². The number of halogens is 4. The summed E-state index contributed by atoms with van der Waals surface area (Å²) >= 11 is 23.8. The molecule has 2 rings (SSSR count). The molecule has 0 aromatic heterocycles. The Hall–Kier alpha value is -0.583. The highest BCUT2D eigenvalue weighted by Crippen LogP contribution is 2.29. The van der Waals surface area contributed by atoms with E-state index in [1.54, 1.807) is 36.4 Å². The summed E-state index contributed by atoms with van der Waals surface area (Å²) in [5, 5.41) is 2.03. The molecule has 21 heavy (non-hydrogen) atoms. The molecule has 0 bridgehead atoms. The molecule has 0 heterocycles. The molecule has 7 heteroatoms. The van der Waals surface area contributed by atoms with E-state index in [-0.39, 0.29) is 0 Å². The van der Waals surface area contributed by atoms with Gasteiger partial charge in [0.1, 0.15) is 11.5 Å². The van der Waals surface area contributed by atoms with Crippen LogP contribution in [0.4, 0.5) is 0 Å². The molecule has 0 aliphatic heterocycles. The van der Waals surface area contributed by atoms with E-state index in [4.69, 9.17) is 55.3 Å². The summed E-state index contributed by atoms with van der Waals surface area (Å²) in [5.74, 6) is 1.13. The summed E-state index contributed by atoms with van der Waals surface area (Å²) in [7, 11) is -2.51. The molecule has 112 valence electrons. The Bertz CT molecular complexity index is 565. The second-order valence-electron chi connectivity index (χ2n) is 4.81. The van der Waals surface area contributed by atoms with E-state index in [0.29, 0.717) is 31.6 Å². The van der Waals surface area contributed by atoms with Gasteiger partial charge in [-0.1, -0.05) is 46.4 Å². The van der Waals surface area contributed by atoms with Gasteiger partial charge in [0.2, 0.25) is 0 Å². The Morgan fingerprint density at radius 2 is 0.905 bits per heavy atom. The van der Waals surface area contributed by atoms with Crippen LogP contribution < -0.4 is 8.85 Å². The van der Waals surface area contributed by atoms with Crippen LogP contribution in [-0.4, -0.2) is 8.56 Å². The van der Waals surface area contributed by atoms with Crippen molar-refractivity contribution in [1.82, 2.24) is 0 Å². The molecular formula is C14H12Cl4O2Si. The van der Waals surface area contributed by atoms with Crippen LogP contribution >= 0.6 is 46.4 Å². The minimum absolute atomic E-state index is 0.508. The Morgan fingerprint density at radius 1 is 0.619 bits per heavy atom. The van der Waals surface area contributed by atoms with Gasteiger partial charge in [0.25, 0.3) is 0 Å². The lowest BCUT2D eigenvalue weighted by atomic mass is 10.3. The maximum Gasteiger partial charge on any atom is 0.454 e. The van der Waals surface area contributed by atoms with Crippen molar-refractivity contribution in [3.63, 3.8) is 0 Å². The molecule has 2 nitrogen and oxygen atoms in total. The first-order valence-electron chi connectivity index (χ1n) is 6.04. The third-order valence-electron chi connectivity index (χ3n) is 2.40. The first-order valence-corrected chi connectivity index (χ1v) is 10.4. The number of rotatable bonds is 4. The lowest BCUT2D eigenvalue weighted by Gasteiger charge is -2.25. The normalized spacial score (nSPS) is 11.3. The highest BCUT2D eigenvalue weighted by atomic mass is 35.5. The minimum Gasteiger partial charge on any atom is -0.512 e. The van der Waals surface area contributed by atoms with Crippen LogP contribution in [0.3, 0.4) is 0 Å². The van der Waals surface area contributed by atoms with Crippen LogP contribution in [0.15, 0.2) is 36.4 Å². The largest absolute Gasteiger partial charge is 0.512 e. The molecule has 0 atom stereocenters. The van der Waals surface area contributed by atoms with Crippen LogP contribution in [0.2, 0.25) is 33.2 Å². The Kier molecular flexibility index (Phi) is 5.33. The van der Waals surface area contributed by atoms with Gasteiger partial charge in [-0.25, -0.2) is 0 Å². The number of benzene rings is 2. The monoisotopic (exact) mass is 380 g/mol. The first-order chi connectivity index (χ1) is 9.73. The molecule has 0 aliphatic carbocycles. The van der Waals surface area contributed by atoms with Gasteiger partial charge in [0.05, 0.1) is 0 Å². The molecule has 0 spiro atoms. The van der Waals surface area contributed by atoms with Crippen molar-refractivity contribution in [3.05, 3.63) is 56.5 Å². The molecule has 0 radical (unpaired) electrons. The van der Waals surface area contributed by atoms with Crippen LogP contribution in [0.5, 0.6) is 11.5 Å². The average Bonchev–Trinajstić information content (AvgIpc) is 2.23. The predicted molar refractivity (Wildman–Crippen MR) is 91.7 cm³/mol. The Labute approximate surface area is 144 Å². The highest BCUT2D eigenvalue weighted by molar-refractivity contribution is 6.66. The average molecular weight is 382 g/mol. The van der Waals surface area contributed by atoms with Gasteiger partial charge in [-0.3, -0.25) is 0 Å². The zero-order valence-corrected chi connectivity index (χ0v) is 15.3. The van der Waals surface area contributed by atoms with Crippen molar-refractivity contribution in [2.45, 2.75) is 13.1 Å². The molecular weight excluding hydrogens is 370 g/mol. The standard InChI is InChI=1S/C14H12Cl4O2Si/c1-21(2,19-13-5-9(15)3-10(16)6-13)20-14-7-11(17)4-12(18)8-14/h3-8H,1-2H3. The molecule has 0 aliphatic rings. The Balaban J connectivity index is 2.17. The van der Waals surface area contributed by atoms with Gasteiger partial charge in [-0.05, 0) is 36.4 Å². The van der Waals surface area contributed by atoms with Crippen LogP contribution in [0.25, 0.3) is 0 Å². The second kappa shape index (κ2) is 6.67. The van der Waals surface area contributed by atoms with Crippen molar-refractivity contribution in [2.24, 2.45) is 0 Å². The van der Waals surface area contributed by atoms with Crippen molar-refractivity contribution in [3.8, 4) is 11.5 Å². The van der Waals surface area contributed by atoms with Crippen LogP contribution in [0, 0.1) is 0 Å². The smallest absolute Gasteiger partial charge is 0.454 e. The van der Waals surface area contributed by atoms with Gasteiger partial charge in [-0.15, -0.1) is 0 Å². The highest BCUT2D eigenvalue weighted by Gasteiger charge is 2.29. The minimum atomic E-state index is -2.51. The van der Waals surface area contributed by atoms with Crippen LogP contribution in [0.1, 0.15) is 0 Å². The molecule has 0 fully saturated rings. The van der Waals surface area contributed by atoms with E-state index < -0.39 is 8.56 Å². The van der Waals surface area contributed by atoms with E-state index in [9.17, 15) is 0 Å². The van der Waals surface area contributed by atoms with Crippen molar-refractivity contribution >= 4 is 55.0 Å². The zero-order chi connectivity index (χ0) is 15.6. The maximum atomic E-state index is 5.96. The van der Waals surface area contributed by atoms with Gasteiger partial charge < -0.3 is 8.85 Å². The molecule has 0 amide bonds. The summed E-state index contributed by atoms with van der Waals surface area (Å²) in [6.07, 6.45) is 0. The molecule has 0 saturated heterocycles. The van der Waals surface area contributed by atoms with Crippen molar-refractivity contribution in [2.75, 3.05) is 0 Å². The summed E-state index contributed by atoms with van der Waals surface area (Å²) in [5.41, 5.74) is 0. The van der Waals surface area contributed by atoms with Gasteiger partial charge in [-0.2, -0.15) is 0 Å². The van der Waals surface area contributed by atoms with E-state index in [1.807, 2.05) is 13.1 Å². The van der Waals surface area contributed by atoms with Crippen molar-refractivity contribution in [1.29, 1.82) is 0 Å². The van der Waals surface area contributed by atoms with E-state index in [0.717, 1.165) is 0 Å². The van der Waals surface area contributed by atoms with Gasteiger partial charge in [0.15, 0.2) is 0 Å². The van der Waals surface area contributed by atoms with E-state index in [2.05, 4.69) is 0 Å². The lowest BCUT2D eigenvalue weighted by Crippen LogP contribution is -2.41. The summed E-state index contributed by atoms with van der Waals surface area (Å²) in [6, 6.07) is 10.0.